The van der Waals surface area contributed by atoms with Gasteiger partial charge in [-0.1, -0.05) is 23.7 Å². The normalized spacial score (nSPS) is 14.8. The van der Waals surface area contributed by atoms with Crippen LogP contribution in [-0.2, 0) is 11.2 Å². The van der Waals surface area contributed by atoms with Gasteiger partial charge in [0, 0.05) is 61.4 Å². The third kappa shape index (κ3) is 7.21. The molecule has 0 spiro atoms. The largest absolute Gasteiger partial charge is 0.342 e. The number of anilines is 1. The average Bonchev–Trinajstić information content (AvgIpc) is 2.73. The Balaban J connectivity index is 1.36. The maximum absolute atomic E-state index is 12.7. The van der Waals surface area contributed by atoms with E-state index in [4.69, 9.17) is 11.6 Å². The van der Waals surface area contributed by atoms with Crippen LogP contribution < -0.4 is 10.6 Å². The molecule has 32 heavy (non-hydrogen) atoms. The number of likely N-dealkylation sites (tertiary alicyclic amines) is 1. The van der Waals surface area contributed by atoms with Gasteiger partial charge in [-0.2, -0.15) is 0 Å². The molecule has 1 saturated heterocycles. The number of aromatic nitrogens is 1. The summed E-state index contributed by atoms with van der Waals surface area (Å²) in [5.74, 6) is 0.116. The van der Waals surface area contributed by atoms with Crippen molar-refractivity contribution >= 4 is 29.2 Å². The topological polar surface area (TPSA) is 77.6 Å². The third-order valence-corrected chi connectivity index (χ3v) is 6.03. The molecule has 0 unspecified atom stereocenters. The first-order chi connectivity index (χ1) is 15.3. The first kappa shape index (κ1) is 24.0. The molecule has 8 heteroatoms. The summed E-state index contributed by atoms with van der Waals surface area (Å²) in [5, 5.41) is 6.42. The van der Waals surface area contributed by atoms with Crippen molar-refractivity contribution in [2.75, 3.05) is 38.5 Å². The first-order valence-electron chi connectivity index (χ1n) is 11.0. The summed E-state index contributed by atoms with van der Waals surface area (Å²) in [4.78, 5) is 33.3. The number of halogens is 1. The maximum atomic E-state index is 12.7. The zero-order chi connectivity index (χ0) is 23.1. The SMILES string of the molecule is Cc1cc(NC(=O)NCCN2CCC(N(C)C(=O)Cc3cccc(Cl)c3)CC2)cc(C)n1. The van der Waals surface area contributed by atoms with Gasteiger partial charge in [0.2, 0.25) is 5.91 Å². The second-order valence-corrected chi connectivity index (χ2v) is 8.84. The van der Waals surface area contributed by atoms with E-state index in [2.05, 4.69) is 20.5 Å². The predicted octanol–water partition coefficient (Wildman–Crippen LogP) is 3.64. The molecule has 0 atom stereocenters. The molecule has 0 aliphatic carbocycles. The molecule has 172 valence electrons. The molecule has 2 N–H and O–H groups in total. The summed E-state index contributed by atoms with van der Waals surface area (Å²) in [6.45, 7) is 6.98. The van der Waals surface area contributed by atoms with E-state index in [0.29, 0.717) is 18.0 Å². The molecule has 1 fully saturated rings. The number of aryl methyl sites for hydroxylation is 2. The highest BCUT2D eigenvalue weighted by Gasteiger charge is 2.25. The minimum atomic E-state index is -0.212. The van der Waals surface area contributed by atoms with E-state index in [9.17, 15) is 9.59 Å². The molecule has 1 aliphatic rings. The molecule has 0 radical (unpaired) electrons. The highest BCUT2D eigenvalue weighted by molar-refractivity contribution is 6.30. The quantitative estimate of drug-likeness (QED) is 0.665. The summed E-state index contributed by atoms with van der Waals surface area (Å²) >= 11 is 6.02. The van der Waals surface area contributed by atoms with Crippen molar-refractivity contribution in [2.45, 2.75) is 39.2 Å². The number of rotatable bonds is 7. The fourth-order valence-corrected chi connectivity index (χ4v) is 4.30. The molecule has 1 aromatic carbocycles. The van der Waals surface area contributed by atoms with Crippen molar-refractivity contribution in [1.82, 2.24) is 20.1 Å². The van der Waals surface area contributed by atoms with Crippen LogP contribution in [0.3, 0.4) is 0 Å². The lowest BCUT2D eigenvalue weighted by molar-refractivity contribution is -0.132. The van der Waals surface area contributed by atoms with Gasteiger partial charge in [-0.3, -0.25) is 9.78 Å². The van der Waals surface area contributed by atoms with Crippen LogP contribution in [0.25, 0.3) is 0 Å². The van der Waals surface area contributed by atoms with Crippen molar-refractivity contribution < 1.29 is 9.59 Å². The van der Waals surface area contributed by atoms with E-state index in [-0.39, 0.29) is 18.0 Å². The smallest absolute Gasteiger partial charge is 0.319 e. The van der Waals surface area contributed by atoms with E-state index in [0.717, 1.165) is 55.1 Å². The van der Waals surface area contributed by atoms with Crippen LogP contribution >= 0.6 is 11.6 Å². The molecule has 1 aromatic heterocycles. The number of nitrogens with zero attached hydrogens (tertiary/aromatic N) is 3. The molecule has 2 aromatic rings. The third-order valence-electron chi connectivity index (χ3n) is 5.80. The highest BCUT2D eigenvalue weighted by Crippen LogP contribution is 2.17. The molecule has 7 nitrogen and oxygen atoms in total. The van der Waals surface area contributed by atoms with Gasteiger partial charge in [-0.25, -0.2) is 4.79 Å². The number of likely N-dealkylation sites (N-methyl/N-ethyl adjacent to an activating group) is 1. The number of nitrogens with one attached hydrogen (secondary N) is 2. The fraction of sp³-hybridized carbons (Fsp3) is 0.458. The zero-order valence-electron chi connectivity index (χ0n) is 19.0. The predicted molar refractivity (Wildman–Crippen MR) is 128 cm³/mol. The Kier molecular flexibility index (Phi) is 8.47. The van der Waals surface area contributed by atoms with Crippen LogP contribution in [-0.4, -0.2) is 66.0 Å². The van der Waals surface area contributed by atoms with Crippen LogP contribution in [0.15, 0.2) is 36.4 Å². The fourth-order valence-electron chi connectivity index (χ4n) is 4.09. The molecule has 3 amide bonds. The molecule has 1 aliphatic heterocycles. The second kappa shape index (κ2) is 11.3. The van der Waals surface area contributed by atoms with Gasteiger partial charge in [0.1, 0.15) is 0 Å². The van der Waals surface area contributed by atoms with Gasteiger partial charge in [0.05, 0.1) is 6.42 Å². The summed E-state index contributed by atoms with van der Waals surface area (Å²) in [6, 6.07) is 11.2. The summed E-state index contributed by atoms with van der Waals surface area (Å²) < 4.78 is 0. The number of carbonyl (C=O) groups excluding carboxylic acids is 2. The van der Waals surface area contributed by atoms with Gasteiger partial charge >= 0.3 is 6.03 Å². The number of carbonyl (C=O) groups is 2. The minimum absolute atomic E-state index is 0.116. The van der Waals surface area contributed by atoms with Gasteiger partial charge in [-0.05, 0) is 56.5 Å². The Hall–Kier alpha value is -2.64. The molecule has 0 bridgehead atoms. The van der Waals surface area contributed by atoms with Crippen LogP contribution in [0, 0.1) is 13.8 Å². The Labute approximate surface area is 195 Å². The number of amides is 3. The van der Waals surface area contributed by atoms with Crippen molar-refractivity contribution in [2.24, 2.45) is 0 Å². The van der Waals surface area contributed by atoms with Gasteiger partial charge in [0.15, 0.2) is 0 Å². The van der Waals surface area contributed by atoms with Crippen molar-refractivity contribution in [3.63, 3.8) is 0 Å². The van der Waals surface area contributed by atoms with E-state index in [1.165, 1.54) is 0 Å². The van der Waals surface area contributed by atoms with Crippen molar-refractivity contribution in [3.8, 4) is 0 Å². The lowest BCUT2D eigenvalue weighted by atomic mass is 10.0. The van der Waals surface area contributed by atoms with Gasteiger partial charge < -0.3 is 20.4 Å². The Bertz CT molecular complexity index is 923. The van der Waals surface area contributed by atoms with Crippen LogP contribution in [0.2, 0.25) is 5.02 Å². The Morgan fingerprint density at radius 1 is 1.16 bits per heavy atom. The standard InChI is InChI=1S/C24H32ClN5O2/c1-17-13-21(14-18(2)27-17)28-24(32)26-9-12-30-10-7-22(8-11-30)29(3)23(31)16-19-5-4-6-20(25)15-19/h4-6,13-15,22H,7-12,16H2,1-3H3,(H2,26,27,28,32). The van der Waals surface area contributed by atoms with E-state index in [1.807, 2.05) is 62.2 Å². The molecular weight excluding hydrogens is 426 g/mol. The van der Waals surface area contributed by atoms with Gasteiger partial charge in [0.25, 0.3) is 0 Å². The zero-order valence-corrected chi connectivity index (χ0v) is 19.8. The number of piperidine rings is 1. The lowest BCUT2D eigenvalue weighted by Crippen LogP contribution is -2.47. The number of hydrogen-bond acceptors (Lipinski definition) is 4. The number of benzene rings is 1. The van der Waals surface area contributed by atoms with Crippen LogP contribution in [0.4, 0.5) is 10.5 Å². The van der Waals surface area contributed by atoms with Crippen molar-refractivity contribution in [1.29, 1.82) is 0 Å². The Morgan fingerprint density at radius 3 is 2.50 bits per heavy atom. The van der Waals surface area contributed by atoms with Crippen LogP contribution in [0.1, 0.15) is 29.8 Å². The summed E-state index contributed by atoms with van der Waals surface area (Å²) in [5.41, 5.74) is 3.44. The van der Waals surface area contributed by atoms with Crippen LogP contribution in [0.5, 0.6) is 0 Å². The number of hydrogen-bond donors (Lipinski definition) is 2. The number of urea groups is 1. The van der Waals surface area contributed by atoms with E-state index >= 15 is 0 Å². The molecule has 3 rings (SSSR count). The highest BCUT2D eigenvalue weighted by atomic mass is 35.5. The number of pyridine rings is 1. The Morgan fingerprint density at radius 2 is 1.84 bits per heavy atom. The molecule has 0 saturated carbocycles. The average molecular weight is 458 g/mol. The summed E-state index contributed by atoms with van der Waals surface area (Å²) in [7, 11) is 1.89. The lowest BCUT2D eigenvalue weighted by Gasteiger charge is -2.36. The second-order valence-electron chi connectivity index (χ2n) is 8.40. The maximum Gasteiger partial charge on any atom is 0.319 e. The monoisotopic (exact) mass is 457 g/mol. The van der Waals surface area contributed by atoms with E-state index < -0.39 is 0 Å². The summed E-state index contributed by atoms with van der Waals surface area (Å²) in [6.07, 6.45) is 2.23. The van der Waals surface area contributed by atoms with E-state index in [1.54, 1.807) is 0 Å². The molecular formula is C24H32ClN5O2. The first-order valence-corrected chi connectivity index (χ1v) is 11.4. The van der Waals surface area contributed by atoms with Gasteiger partial charge in [-0.15, -0.1) is 0 Å². The van der Waals surface area contributed by atoms with Crippen molar-refractivity contribution in [3.05, 3.63) is 58.4 Å². The minimum Gasteiger partial charge on any atom is -0.342 e. The molecule has 2 heterocycles.